The SMILES string of the molecule is CN(CCS(C)(=O)=O)c1nc[nH]c(=O)c1I. The van der Waals surface area contributed by atoms with Gasteiger partial charge in [0.05, 0.1) is 12.1 Å². The molecule has 0 radical (unpaired) electrons. The van der Waals surface area contributed by atoms with Crippen LogP contribution in [0.25, 0.3) is 0 Å². The average Bonchev–Trinajstić information content (AvgIpc) is 2.17. The monoisotopic (exact) mass is 357 g/mol. The zero-order valence-electron chi connectivity index (χ0n) is 8.90. The smallest absolute Gasteiger partial charge is 0.266 e. The minimum atomic E-state index is -3.01. The van der Waals surface area contributed by atoms with Gasteiger partial charge in [-0.05, 0) is 22.6 Å². The first-order valence-corrected chi connectivity index (χ1v) is 7.57. The number of sulfone groups is 1. The second-order valence-electron chi connectivity index (χ2n) is 3.42. The van der Waals surface area contributed by atoms with E-state index in [0.717, 1.165) is 0 Å². The topological polar surface area (TPSA) is 83.1 Å². The van der Waals surface area contributed by atoms with E-state index in [0.29, 0.717) is 15.9 Å². The summed E-state index contributed by atoms with van der Waals surface area (Å²) < 4.78 is 22.5. The summed E-state index contributed by atoms with van der Waals surface area (Å²) in [5.41, 5.74) is -0.225. The van der Waals surface area contributed by atoms with Crippen LogP contribution < -0.4 is 10.5 Å². The fourth-order valence-electron chi connectivity index (χ4n) is 1.05. The van der Waals surface area contributed by atoms with Crippen LogP contribution in [0.5, 0.6) is 0 Å². The zero-order chi connectivity index (χ0) is 12.3. The molecule has 0 saturated heterocycles. The number of aromatic nitrogens is 2. The van der Waals surface area contributed by atoms with Crippen LogP contribution in [0.4, 0.5) is 5.82 Å². The van der Waals surface area contributed by atoms with E-state index in [1.54, 1.807) is 11.9 Å². The molecule has 1 aromatic rings. The maximum Gasteiger partial charge on any atom is 0.266 e. The molecule has 1 N–H and O–H groups in total. The molecule has 6 nitrogen and oxygen atoms in total. The second-order valence-corrected chi connectivity index (χ2v) is 6.76. The van der Waals surface area contributed by atoms with Crippen molar-refractivity contribution in [3.63, 3.8) is 0 Å². The molecule has 1 heterocycles. The molecule has 0 aliphatic rings. The van der Waals surface area contributed by atoms with Gasteiger partial charge in [0.1, 0.15) is 19.2 Å². The lowest BCUT2D eigenvalue weighted by Gasteiger charge is -2.17. The van der Waals surface area contributed by atoms with Crippen molar-refractivity contribution in [1.82, 2.24) is 9.97 Å². The zero-order valence-corrected chi connectivity index (χ0v) is 11.9. The molecule has 0 fully saturated rings. The Labute approximate surface area is 107 Å². The van der Waals surface area contributed by atoms with E-state index in [1.807, 2.05) is 22.6 Å². The first-order valence-electron chi connectivity index (χ1n) is 4.43. The molecule has 90 valence electrons. The highest BCUT2D eigenvalue weighted by Crippen LogP contribution is 2.13. The van der Waals surface area contributed by atoms with Crippen LogP contribution in [-0.2, 0) is 9.84 Å². The van der Waals surface area contributed by atoms with E-state index in [1.165, 1.54) is 12.6 Å². The summed E-state index contributed by atoms with van der Waals surface area (Å²) in [7, 11) is -1.30. The normalized spacial score (nSPS) is 11.4. The number of hydrogen-bond donors (Lipinski definition) is 1. The largest absolute Gasteiger partial charge is 0.358 e. The molecule has 0 unspecified atom stereocenters. The lowest BCUT2D eigenvalue weighted by molar-refractivity contribution is 0.601. The summed E-state index contributed by atoms with van der Waals surface area (Å²) in [5, 5.41) is 0. The van der Waals surface area contributed by atoms with E-state index >= 15 is 0 Å². The predicted octanol–water partition coefficient (Wildman–Crippen LogP) is -0.145. The Kier molecular flexibility index (Phi) is 4.30. The van der Waals surface area contributed by atoms with E-state index < -0.39 is 9.84 Å². The van der Waals surface area contributed by atoms with Gasteiger partial charge in [0.15, 0.2) is 0 Å². The van der Waals surface area contributed by atoms with Crippen LogP contribution in [0.1, 0.15) is 0 Å². The Hall–Kier alpha value is -0.640. The lowest BCUT2D eigenvalue weighted by atomic mass is 10.5. The van der Waals surface area contributed by atoms with Crippen LogP contribution in [0.3, 0.4) is 0 Å². The molecule has 16 heavy (non-hydrogen) atoms. The van der Waals surface area contributed by atoms with Crippen molar-refractivity contribution in [1.29, 1.82) is 0 Å². The third-order valence-electron chi connectivity index (χ3n) is 1.94. The van der Waals surface area contributed by atoms with Crippen LogP contribution >= 0.6 is 22.6 Å². The van der Waals surface area contributed by atoms with Gasteiger partial charge >= 0.3 is 0 Å². The lowest BCUT2D eigenvalue weighted by Crippen LogP contribution is -2.28. The number of anilines is 1. The van der Waals surface area contributed by atoms with E-state index in [9.17, 15) is 13.2 Å². The maximum atomic E-state index is 11.3. The summed E-state index contributed by atoms with van der Waals surface area (Å²) in [4.78, 5) is 19.4. The van der Waals surface area contributed by atoms with Gasteiger partial charge in [-0.25, -0.2) is 13.4 Å². The van der Waals surface area contributed by atoms with Crippen molar-refractivity contribution in [2.24, 2.45) is 0 Å². The van der Waals surface area contributed by atoms with Crippen molar-refractivity contribution in [2.45, 2.75) is 0 Å². The van der Waals surface area contributed by atoms with Crippen LogP contribution in [0.2, 0.25) is 0 Å². The van der Waals surface area contributed by atoms with E-state index in [-0.39, 0.29) is 11.3 Å². The summed E-state index contributed by atoms with van der Waals surface area (Å²) >= 11 is 1.88. The molecule has 8 heteroatoms. The molecule has 0 atom stereocenters. The van der Waals surface area contributed by atoms with Crippen molar-refractivity contribution < 1.29 is 8.42 Å². The van der Waals surface area contributed by atoms with Gasteiger partial charge in [-0.15, -0.1) is 0 Å². The molecular weight excluding hydrogens is 345 g/mol. The number of nitrogens with zero attached hydrogens (tertiary/aromatic N) is 2. The standard InChI is InChI=1S/C8H12IN3O3S/c1-12(3-4-16(2,14)15)7-6(9)8(13)11-5-10-7/h5H,3-4H2,1-2H3,(H,10,11,13). The van der Waals surface area contributed by atoms with Crippen LogP contribution in [0.15, 0.2) is 11.1 Å². The number of nitrogens with one attached hydrogen (secondary N) is 1. The maximum absolute atomic E-state index is 11.3. The quantitative estimate of drug-likeness (QED) is 0.759. The van der Waals surface area contributed by atoms with Crippen LogP contribution in [0, 0.1) is 3.57 Å². The van der Waals surface area contributed by atoms with Gasteiger partial charge in [-0.2, -0.15) is 0 Å². The second kappa shape index (κ2) is 5.13. The summed E-state index contributed by atoms with van der Waals surface area (Å²) in [6, 6.07) is 0. The van der Waals surface area contributed by atoms with E-state index in [2.05, 4.69) is 9.97 Å². The molecule has 0 amide bonds. The third-order valence-corrected chi connectivity index (χ3v) is 3.83. The van der Waals surface area contributed by atoms with Gasteiger partial charge in [0.2, 0.25) is 0 Å². The molecule has 0 spiro atoms. The molecule has 0 saturated carbocycles. The Bertz CT molecular complexity index is 526. The van der Waals surface area contributed by atoms with Gasteiger partial charge in [0.25, 0.3) is 5.56 Å². The van der Waals surface area contributed by atoms with Gasteiger partial charge in [-0.1, -0.05) is 0 Å². The number of halogens is 1. The van der Waals surface area contributed by atoms with E-state index in [4.69, 9.17) is 0 Å². The fourth-order valence-corrected chi connectivity index (χ4v) is 2.36. The number of H-pyrrole nitrogens is 1. The van der Waals surface area contributed by atoms with Crippen molar-refractivity contribution in [3.05, 3.63) is 20.3 Å². The van der Waals surface area contributed by atoms with Crippen molar-refractivity contribution in [3.8, 4) is 0 Å². The molecule has 0 bridgehead atoms. The van der Waals surface area contributed by atoms with Gasteiger partial charge in [-0.3, -0.25) is 4.79 Å². The van der Waals surface area contributed by atoms with Crippen LogP contribution in [-0.4, -0.2) is 44.0 Å². The Balaban J connectivity index is 2.85. The molecule has 0 aromatic carbocycles. The summed E-state index contributed by atoms with van der Waals surface area (Å²) in [6.07, 6.45) is 2.48. The molecule has 0 aliphatic heterocycles. The van der Waals surface area contributed by atoms with Crippen molar-refractivity contribution in [2.75, 3.05) is 30.5 Å². The summed E-state index contributed by atoms with van der Waals surface area (Å²) in [5.74, 6) is 0.529. The first-order chi connectivity index (χ1) is 7.31. The first kappa shape index (κ1) is 13.4. The third kappa shape index (κ3) is 3.74. The molecule has 0 aliphatic carbocycles. The molecule has 1 rings (SSSR count). The van der Waals surface area contributed by atoms with Gasteiger partial charge < -0.3 is 9.88 Å². The fraction of sp³-hybridized carbons (Fsp3) is 0.500. The number of hydrogen-bond acceptors (Lipinski definition) is 5. The predicted molar refractivity (Wildman–Crippen MR) is 70.6 cm³/mol. The molecular formula is C8H12IN3O3S. The minimum absolute atomic E-state index is 0.0358. The highest BCUT2D eigenvalue weighted by Gasteiger charge is 2.12. The Morgan fingerprint density at radius 1 is 1.56 bits per heavy atom. The highest BCUT2D eigenvalue weighted by atomic mass is 127. The highest BCUT2D eigenvalue weighted by molar-refractivity contribution is 14.1. The Morgan fingerprint density at radius 2 is 2.19 bits per heavy atom. The average molecular weight is 357 g/mol. The number of rotatable bonds is 4. The van der Waals surface area contributed by atoms with Gasteiger partial charge in [0, 0.05) is 19.8 Å². The van der Waals surface area contributed by atoms with Crippen molar-refractivity contribution >= 4 is 38.2 Å². The number of aromatic amines is 1. The Morgan fingerprint density at radius 3 is 2.75 bits per heavy atom. The minimum Gasteiger partial charge on any atom is -0.358 e. The summed E-state index contributed by atoms with van der Waals surface area (Å²) in [6.45, 7) is 0.311. The molecule has 1 aromatic heterocycles.